The number of fused-ring (bicyclic) bond motifs is 7. The van der Waals surface area contributed by atoms with E-state index in [0.717, 1.165) is 51.5 Å². The van der Waals surface area contributed by atoms with E-state index >= 15 is 0 Å². The number of aliphatic carboxylic acids is 1. The molecular formula is C33H49NO6. The summed E-state index contributed by atoms with van der Waals surface area (Å²) in [6, 6.07) is 0. The number of carbonyl (C=O) groups is 3. The topological polar surface area (TPSA) is 102 Å². The van der Waals surface area contributed by atoms with E-state index in [9.17, 15) is 14.4 Å². The minimum atomic E-state index is -0.963. The molecule has 3 fully saturated rings. The Bertz CT molecular complexity index is 1090. The highest BCUT2D eigenvalue weighted by molar-refractivity contribution is 5.76. The minimum absolute atomic E-state index is 0.0338. The maximum Gasteiger partial charge on any atom is 0.306 e. The summed E-state index contributed by atoms with van der Waals surface area (Å²) in [6.07, 6.45) is 11.8. The maximum atomic E-state index is 12.2. The van der Waals surface area contributed by atoms with Crippen LogP contribution in [-0.2, 0) is 23.9 Å². The number of hydrogen-bond donors (Lipinski definition) is 2. The number of carboxylic acid groups (broad SMARTS) is 1. The highest BCUT2D eigenvalue weighted by atomic mass is 16.5. The summed E-state index contributed by atoms with van der Waals surface area (Å²) < 4.78 is 12.4. The highest BCUT2D eigenvalue weighted by Crippen LogP contribution is 2.69. The van der Waals surface area contributed by atoms with Crippen molar-refractivity contribution in [2.75, 3.05) is 6.54 Å². The first-order valence-corrected chi connectivity index (χ1v) is 15.6. The summed E-state index contributed by atoms with van der Waals surface area (Å²) in [4.78, 5) is 34.3. The first kappa shape index (κ1) is 29.2. The van der Waals surface area contributed by atoms with Crippen molar-refractivity contribution in [1.82, 2.24) is 5.32 Å². The van der Waals surface area contributed by atoms with Crippen LogP contribution in [0.4, 0.5) is 0 Å². The molecule has 7 heteroatoms. The summed E-state index contributed by atoms with van der Waals surface area (Å²) in [7, 11) is 0. The molecule has 5 rings (SSSR count). The van der Waals surface area contributed by atoms with Crippen LogP contribution in [0, 0.1) is 40.4 Å². The van der Waals surface area contributed by atoms with Crippen LogP contribution in [0.3, 0.4) is 0 Å². The van der Waals surface area contributed by atoms with Crippen LogP contribution in [0.15, 0.2) is 23.0 Å². The van der Waals surface area contributed by atoms with Gasteiger partial charge in [0.05, 0.1) is 18.6 Å². The van der Waals surface area contributed by atoms with Crippen LogP contribution >= 0.6 is 0 Å². The molecule has 0 spiro atoms. The fourth-order valence-electron chi connectivity index (χ4n) is 9.56. The normalized spacial score (nSPS) is 38.7. The Labute approximate surface area is 239 Å². The van der Waals surface area contributed by atoms with Crippen molar-refractivity contribution in [3.05, 3.63) is 23.0 Å². The number of amides is 1. The van der Waals surface area contributed by atoms with Gasteiger partial charge in [0.1, 0.15) is 12.2 Å². The van der Waals surface area contributed by atoms with E-state index in [1.807, 2.05) is 0 Å². The Morgan fingerprint density at radius 3 is 2.67 bits per heavy atom. The molecule has 3 saturated carbocycles. The first-order valence-electron chi connectivity index (χ1n) is 15.6. The molecule has 1 aliphatic heterocycles. The lowest BCUT2D eigenvalue weighted by Crippen LogP contribution is -2.50. The molecule has 40 heavy (non-hydrogen) atoms. The van der Waals surface area contributed by atoms with Crippen molar-refractivity contribution >= 4 is 17.8 Å². The van der Waals surface area contributed by atoms with E-state index in [1.165, 1.54) is 29.7 Å². The molecule has 0 aromatic heterocycles. The van der Waals surface area contributed by atoms with E-state index in [4.69, 9.17) is 14.6 Å². The molecule has 1 heterocycles. The summed E-state index contributed by atoms with van der Waals surface area (Å²) in [5, 5.41) is 11.8. The first-order chi connectivity index (χ1) is 18.9. The van der Waals surface area contributed by atoms with Gasteiger partial charge in [0, 0.05) is 32.2 Å². The second kappa shape index (κ2) is 11.2. The summed E-state index contributed by atoms with van der Waals surface area (Å²) in [6.45, 7) is 11.8. The summed E-state index contributed by atoms with van der Waals surface area (Å²) in [5.41, 5.74) is 3.37. The van der Waals surface area contributed by atoms with Gasteiger partial charge in [-0.3, -0.25) is 14.4 Å². The SMILES string of the molecule is CC(=O)NC[C@H](C)CCC1=C(C)[C@H]2[C@@H](C[C@H]3[C@@H]4CC=C5C[C@@H](OC(=O)CCC(=O)O)CC[C@]5(C)[C@H]4CC[C@@]32C)O1. The maximum absolute atomic E-state index is 12.2. The van der Waals surface area contributed by atoms with E-state index in [0.29, 0.717) is 35.7 Å². The van der Waals surface area contributed by atoms with Crippen LogP contribution < -0.4 is 5.32 Å². The van der Waals surface area contributed by atoms with E-state index in [1.54, 1.807) is 6.92 Å². The van der Waals surface area contributed by atoms with Gasteiger partial charge < -0.3 is 19.9 Å². The Balaban J connectivity index is 1.24. The smallest absolute Gasteiger partial charge is 0.306 e. The van der Waals surface area contributed by atoms with Gasteiger partial charge in [-0.15, -0.1) is 0 Å². The average Bonchev–Trinajstić information content (AvgIpc) is 3.38. The molecule has 7 nitrogen and oxygen atoms in total. The summed E-state index contributed by atoms with van der Waals surface area (Å²) in [5.74, 6) is 2.83. The van der Waals surface area contributed by atoms with Crippen LogP contribution in [-0.4, -0.2) is 41.7 Å². The monoisotopic (exact) mass is 555 g/mol. The van der Waals surface area contributed by atoms with Gasteiger partial charge in [0.25, 0.3) is 0 Å². The quantitative estimate of drug-likeness (QED) is 0.260. The van der Waals surface area contributed by atoms with Gasteiger partial charge in [-0.1, -0.05) is 32.4 Å². The van der Waals surface area contributed by atoms with Gasteiger partial charge in [-0.2, -0.15) is 0 Å². The Morgan fingerprint density at radius 2 is 1.95 bits per heavy atom. The Hall–Kier alpha value is -2.31. The van der Waals surface area contributed by atoms with Gasteiger partial charge in [0.15, 0.2) is 0 Å². The highest BCUT2D eigenvalue weighted by Gasteiger charge is 2.63. The van der Waals surface area contributed by atoms with Crippen LogP contribution in [0.5, 0.6) is 0 Å². The number of nitrogens with one attached hydrogen (secondary N) is 1. The van der Waals surface area contributed by atoms with E-state index in [-0.39, 0.29) is 41.7 Å². The predicted molar refractivity (Wildman–Crippen MR) is 152 cm³/mol. The zero-order chi connectivity index (χ0) is 28.8. The van der Waals surface area contributed by atoms with E-state index < -0.39 is 5.97 Å². The van der Waals surface area contributed by atoms with Gasteiger partial charge in [0.2, 0.25) is 5.91 Å². The second-order valence-electron chi connectivity index (χ2n) is 14.1. The molecular weight excluding hydrogens is 506 g/mol. The molecule has 222 valence electrons. The van der Waals surface area contributed by atoms with Gasteiger partial charge in [-0.25, -0.2) is 0 Å². The molecule has 1 amide bonds. The lowest BCUT2D eigenvalue weighted by atomic mass is 9.47. The standard InChI is InChI=1S/C33H49NO6/c1-19(18-34-21(3)35)6-9-27-20(2)31-28(40-27)17-26-24-8-7-22-16-23(39-30(38)11-10-29(36)37)12-14-32(22,4)25(24)13-15-33(26,31)5/h7,19,23-26,28,31H,6,8-18H2,1-5H3,(H,34,35)(H,36,37)/t19-,23+,24-,25+,26+,28-,31+,32+,33+/m1/s1. The zero-order valence-corrected chi connectivity index (χ0v) is 25.1. The fourth-order valence-corrected chi connectivity index (χ4v) is 9.56. The van der Waals surface area contributed by atoms with Crippen molar-refractivity contribution < 1.29 is 29.0 Å². The lowest BCUT2D eigenvalue weighted by Gasteiger charge is -2.58. The minimum Gasteiger partial charge on any atom is -0.494 e. The number of ether oxygens (including phenoxy) is 2. The number of esters is 1. The van der Waals surface area contributed by atoms with Crippen molar-refractivity contribution in [3.8, 4) is 0 Å². The van der Waals surface area contributed by atoms with Crippen molar-refractivity contribution in [1.29, 1.82) is 0 Å². The third-order valence-electron chi connectivity index (χ3n) is 11.7. The second-order valence-corrected chi connectivity index (χ2v) is 14.1. The molecule has 9 atom stereocenters. The molecule has 5 aliphatic rings. The molecule has 0 aromatic carbocycles. The molecule has 0 radical (unpaired) electrons. The predicted octanol–water partition coefficient (Wildman–Crippen LogP) is 6.18. The number of allylic oxidation sites excluding steroid dienone is 2. The average molecular weight is 556 g/mol. The zero-order valence-electron chi connectivity index (χ0n) is 25.1. The number of carboxylic acids is 1. The van der Waals surface area contributed by atoms with Crippen LogP contribution in [0.25, 0.3) is 0 Å². The van der Waals surface area contributed by atoms with Gasteiger partial charge in [-0.05, 0) is 91.9 Å². The van der Waals surface area contributed by atoms with Gasteiger partial charge >= 0.3 is 11.9 Å². The Morgan fingerprint density at radius 1 is 1.18 bits per heavy atom. The van der Waals surface area contributed by atoms with E-state index in [2.05, 4.69) is 39.1 Å². The molecule has 0 unspecified atom stereocenters. The molecule has 0 saturated heterocycles. The fraction of sp³-hybridized carbons (Fsp3) is 0.788. The Kier molecular flexibility index (Phi) is 8.15. The summed E-state index contributed by atoms with van der Waals surface area (Å²) >= 11 is 0. The number of hydrogen-bond acceptors (Lipinski definition) is 5. The number of rotatable bonds is 9. The molecule has 4 aliphatic carbocycles. The third kappa shape index (κ3) is 5.34. The number of carbonyl (C=O) groups excluding carboxylic acids is 2. The van der Waals surface area contributed by atoms with Crippen molar-refractivity contribution in [2.24, 2.45) is 40.4 Å². The molecule has 0 bridgehead atoms. The largest absolute Gasteiger partial charge is 0.494 e. The lowest BCUT2D eigenvalue weighted by molar-refractivity contribution is -0.154. The van der Waals surface area contributed by atoms with Crippen molar-refractivity contribution in [3.63, 3.8) is 0 Å². The van der Waals surface area contributed by atoms with Crippen LogP contribution in [0.2, 0.25) is 0 Å². The van der Waals surface area contributed by atoms with Crippen molar-refractivity contribution in [2.45, 2.75) is 117 Å². The third-order valence-corrected chi connectivity index (χ3v) is 11.7. The van der Waals surface area contributed by atoms with Crippen LogP contribution in [0.1, 0.15) is 105 Å². The molecule has 0 aromatic rings. The molecule has 2 N–H and O–H groups in total.